The Labute approximate surface area is 157 Å². The molecule has 4 heterocycles. The van der Waals surface area contributed by atoms with E-state index in [-0.39, 0.29) is 11.6 Å². The summed E-state index contributed by atoms with van der Waals surface area (Å²) in [7, 11) is 1.75. The first-order chi connectivity index (χ1) is 13.3. The lowest BCUT2D eigenvalue weighted by Crippen LogP contribution is -2.36. The Morgan fingerprint density at radius 2 is 1.93 bits per heavy atom. The topological polar surface area (TPSA) is 84.5 Å². The largest absolute Gasteiger partial charge is 0.453 e. The number of fused-ring (bicyclic) bond motifs is 1. The van der Waals surface area contributed by atoms with E-state index in [9.17, 15) is 18.0 Å². The van der Waals surface area contributed by atoms with Gasteiger partial charge in [0.1, 0.15) is 11.5 Å². The molecule has 1 fully saturated rings. The lowest BCUT2D eigenvalue weighted by atomic mass is 10.3. The lowest BCUT2D eigenvalue weighted by molar-refractivity contribution is -0.146. The number of halogens is 3. The second kappa shape index (κ2) is 6.77. The third kappa shape index (κ3) is 3.25. The fourth-order valence-corrected chi connectivity index (χ4v) is 3.20. The molecule has 148 valence electrons. The maximum atomic E-state index is 13.1. The molecule has 0 N–H and O–H groups in total. The Balaban J connectivity index is 1.54. The summed E-state index contributed by atoms with van der Waals surface area (Å²) in [6, 6.07) is 3.07. The highest BCUT2D eigenvalue weighted by atomic mass is 19.4. The summed E-state index contributed by atoms with van der Waals surface area (Å²) >= 11 is 0. The first-order valence-corrected chi connectivity index (χ1v) is 8.65. The van der Waals surface area contributed by atoms with Crippen LogP contribution >= 0.6 is 0 Å². The Morgan fingerprint density at radius 1 is 1.11 bits per heavy atom. The zero-order valence-corrected chi connectivity index (χ0v) is 15.0. The molecule has 1 aliphatic rings. The number of rotatable bonds is 2. The Morgan fingerprint density at radius 3 is 2.64 bits per heavy atom. The molecule has 0 radical (unpaired) electrons. The second-order valence-corrected chi connectivity index (χ2v) is 6.51. The van der Waals surface area contributed by atoms with E-state index in [1.54, 1.807) is 28.9 Å². The summed E-state index contributed by atoms with van der Waals surface area (Å²) in [6.07, 6.45) is -0.896. The minimum Gasteiger partial charge on any atom is -0.353 e. The van der Waals surface area contributed by atoms with Crippen LogP contribution in [0.25, 0.3) is 5.65 Å². The zero-order chi connectivity index (χ0) is 19.9. The van der Waals surface area contributed by atoms with Gasteiger partial charge in [0.15, 0.2) is 5.65 Å². The van der Waals surface area contributed by atoms with Crippen molar-refractivity contribution in [1.29, 1.82) is 0 Å². The van der Waals surface area contributed by atoms with Crippen molar-refractivity contribution in [3.05, 3.63) is 36.2 Å². The Hall–Kier alpha value is -3.18. The maximum absolute atomic E-state index is 13.1. The van der Waals surface area contributed by atoms with Crippen molar-refractivity contribution >= 4 is 17.4 Å². The van der Waals surface area contributed by atoms with E-state index in [1.165, 1.54) is 12.3 Å². The lowest BCUT2D eigenvalue weighted by Gasteiger charge is -2.22. The van der Waals surface area contributed by atoms with Crippen LogP contribution in [0.1, 0.15) is 22.7 Å². The van der Waals surface area contributed by atoms with Crippen LogP contribution in [-0.4, -0.2) is 66.3 Å². The first kappa shape index (κ1) is 18.2. The number of amides is 1. The van der Waals surface area contributed by atoms with Gasteiger partial charge in [0, 0.05) is 33.2 Å². The SMILES string of the molecule is Cn1cncc1C(=O)N1CCCN(c2ccc3nnc(C(F)(F)F)n3n2)CC1. The van der Waals surface area contributed by atoms with E-state index in [4.69, 9.17) is 0 Å². The van der Waals surface area contributed by atoms with Crippen molar-refractivity contribution in [2.24, 2.45) is 7.05 Å². The highest BCUT2D eigenvalue weighted by Gasteiger charge is 2.37. The molecule has 1 saturated heterocycles. The smallest absolute Gasteiger partial charge is 0.353 e. The summed E-state index contributed by atoms with van der Waals surface area (Å²) in [5.41, 5.74) is 0.520. The molecule has 3 aromatic rings. The molecule has 0 bridgehead atoms. The molecule has 9 nitrogen and oxygen atoms in total. The number of alkyl halides is 3. The van der Waals surface area contributed by atoms with Gasteiger partial charge < -0.3 is 14.4 Å². The normalized spacial score (nSPS) is 15.9. The minimum absolute atomic E-state index is 0.0268. The quantitative estimate of drug-likeness (QED) is 0.650. The van der Waals surface area contributed by atoms with Gasteiger partial charge in [-0.25, -0.2) is 4.98 Å². The highest BCUT2D eigenvalue weighted by Crippen LogP contribution is 2.28. The second-order valence-electron chi connectivity index (χ2n) is 6.51. The van der Waals surface area contributed by atoms with Gasteiger partial charge in [-0.15, -0.1) is 15.3 Å². The van der Waals surface area contributed by atoms with Crippen LogP contribution < -0.4 is 4.90 Å². The summed E-state index contributed by atoms with van der Waals surface area (Å²) < 4.78 is 41.6. The Bertz CT molecular complexity index is 1010. The fourth-order valence-electron chi connectivity index (χ4n) is 3.20. The van der Waals surface area contributed by atoms with E-state index >= 15 is 0 Å². The number of carbonyl (C=O) groups is 1. The number of carbonyl (C=O) groups excluding carboxylic acids is 1. The van der Waals surface area contributed by atoms with Crippen LogP contribution in [0.3, 0.4) is 0 Å². The molecule has 4 rings (SSSR count). The molecular weight excluding hydrogens is 377 g/mol. The summed E-state index contributed by atoms with van der Waals surface area (Å²) in [6.45, 7) is 1.99. The number of aryl methyl sites for hydroxylation is 1. The summed E-state index contributed by atoms with van der Waals surface area (Å²) in [5.74, 6) is -0.900. The van der Waals surface area contributed by atoms with Gasteiger partial charge >= 0.3 is 6.18 Å². The molecule has 3 aromatic heterocycles. The third-order valence-electron chi connectivity index (χ3n) is 4.65. The van der Waals surface area contributed by atoms with Crippen molar-refractivity contribution in [3.8, 4) is 0 Å². The van der Waals surface area contributed by atoms with Gasteiger partial charge in [0.25, 0.3) is 11.7 Å². The van der Waals surface area contributed by atoms with Gasteiger partial charge in [0.2, 0.25) is 0 Å². The van der Waals surface area contributed by atoms with Crippen molar-refractivity contribution in [2.45, 2.75) is 12.6 Å². The van der Waals surface area contributed by atoms with Crippen LogP contribution in [0.15, 0.2) is 24.7 Å². The van der Waals surface area contributed by atoms with Crippen molar-refractivity contribution in [3.63, 3.8) is 0 Å². The average Bonchev–Trinajstić information content (AvgIpc) is 3.19. The summed E-state index contributed by atoms with van der Waals surface area (Å²) in [5, 5.41) is 10.8. The molecule has 28 heavy (non-hydrogen) atoms. The monoisotopic (exact) mass is 394 g/mol. The molecule has 1 aliphatic heterocycles. The van der Waals surface area contributed by atoms with Gasteiger partial charge in [-0.1, -0.05) is 0 Å². The molecule has 12 heteroatoms. The molecular formula is C16H17F3N8O. The molecule has 0 atom stereocenters. The zero-order valence-electron chi connectivity index (χ0n) is 15.0. The molecule has 0 unspecified atom stereocenters. The van der Waals surface area contributed by atoms with Crippen LogP contribution in [0.2, 0.25) is 0 Å². The van der Waals surface area contributed by atoms with E-state index < -0.39 is 12.0 Å². The van der Waals surface area contributed by atoms with Gasteiger partial charge in [-0.05, 0) is 18.6 Å². The van der Waals surface area contributed by atoms with E-state index in [0.717, 1.165) is 0 Å². The number of imidazole rings is 1. The van der Waals surface area contributed by atoms with Crippen molar-refractivity contribution in [2.75, 3.05) is 31.1 Å². The number of anilines is 1. The number of nitrogens with zero attached hydrogens (tertiary/aromatic N) is 8. The van der Waals surface area contributed by atoms with Crippen LogP contribution in [0.4, 0.5) is 19.0 Å². The van der Waals surface area contributed by atoms with E-state index in [1.807, 2.05) is 4.90 Å². The molecule has 0 aliphatic carbocycles. The first-order valence-electron chi connectivity index (χ1n) is 8.65. The van der Waals surface area contributed by atoms with Crippen molar-refractivity contribution < 1.29 is 18.0 Å². The van der Waals surface area contributed by atoms with Crippen molar-refractivity contribution in [1.82, 2.24) is 34.3 Å². The van der Waals surface area contributed by atoms with Gasteiger partial charge in [0.05, 0.1) is 12.5 Å². The number of aromatic nitrogens is 6. The van der Waals surface area contributed by atoms with Crippen LogP contribution in [-0.2, 0) is 13.2 Å². The average molecular weight is 394 g/mol. The predicted molar refractivity (Wildman–Crippen MR) is 91.7 cm³/mol. The standard InChI is InChI=1S/C16H17F3N8O/c1-24-10-20-9-11(24)14(28)26-6-2-5-25(7-8-26)13-4-3-12-21-22-15(16(17,18)19)27(12)23-13/h3-4,9-10H,2,5-8H2,1H3. The van der Waals surface area contributed by atoms with Gasteiger partial charge in [-0.3, -0.25) is 4.79 Å². The fraction of sp³-hybridized carbons (Fsp3) is 0.438. The Kier molecular flexibility index (Phi) is 4.40. The third-order valence-corrected chi connectivity index (χ3v) is 4.65. The molecule has 1 amide bonds. The number of hydrogen-bond donors (Lipinski definition) is 0. The predicted octanol–water partition coefficient (Wildman–Crippen LogP) is 1.23. The summed E-state index contributed by atoms with van der Waals surface area (Å²) in [4.78, 5) is 20.2. The highest BCUT2D eigenvalue weighted by molar-refractivity contribution is 5.92. The molecule has 0 aromatic carbocycles. The van der Waals surface area contributed by atoms with Crippen LogP contribution in [0.5, 0.6) is 0 Å². The van der Waals surface area contributed by atoms with E-state index in [2.05, 4.69) is 20.3 Å². The van der Waals surface area contributed by atoms with Gasteiger partial charge in [-0.2, -0.15) is 17.7 Å². The maximum Gasteiger partial charge on any atom is 0.453 e. The van der Waals surface area contributed by atoms with Crippen LogP contribution in [0, 0.1) is 0 Å². The van der Waals surface area contributed by atoms with E-state index in [0.29, 0.717) is 48.6 Å². The molecule has 0 saturated carbocycles. The molecule has 0 spiro atoms. The minimum atomic E-state index is -4.64. The number of hydrogen-bond acceptors (Lipinski definition) is 6.